The van der Waals surface area contributed by atoms with Gasteiger partial charge in [-0.1, -0.05) is 51.2 Å². The van der Waals surface area contributed by atoms with Gasteiger partial charge in [-0.3, -0.25) is 0 Å². The summed E-state index contributed by atoms with van der Waals surface area (Å²) in [6.45, 7) is 9.67. The molecular formula is C28H40O. The molecule has 0 bridgehead atoms. The van der Waals surface area contributed by atoms with Gasteiger partial charge >= 0.3 is 0 Å². The van der Waals surface area contributed by atoms with Gasteiger partial charge in [0.2, 0.25) is 0 Å². The van der Waals surface area contributed by atoms with Crippen LogP contribution in [0.3, 0.4) is 0 Å². The maximum Gasteiger partial charge on any atom is 0.0577 e. The number of rotatable bonds is 2. The van der Waals surface area contributed by atoms with Crippen molar-refractivity contribution in [3.05, 3.63) is 11.6 Å². The molecule has 4 aliphatic rings. The molecule has 3 fully saturated rings. The Labute approximate surface area is 179 Å². The van der Waals surface area contributed by atoms with Crippen molar-refractivity contribution >= 4 is 0 Å². The van der Waals surface area contributed by atoms with Crippen LogP contribution in [0.2, 0.25) is 0 Å². The van der Waals surface area contributed by atoms with Crippen molar-refractivity contribution < 1.29 is 5.11 Å². The van der Waals surface area contributed by atoms with Crippen LogP contribution >= 0.6 is 0 Å². The lowest BCUT2D eigenvalue weighted by molar-refractivity contribution is -0.0563. The van der Waals surface area contributed by atoms with Crippen LogP contribution in [0, 0.1) is 64.1 Å². The SMILES string of the molecule is CCC#CC#CC[C@@H](C)[C@H]1CC[C@H]2[C@@H]3CC=C4C[C@@H](O)CC[C@]4(C)[C@H]3CC[C@]12C. The molecule has 0 aromatic heterocycles. The number of allylic oxidation sites excluding steroid dienone is 1. The van der Waals surface area contributed by atoms with E-state index in [1.165, 1.54) is 38.5 Å². The van der Waals surface area contributed by atoms with Gasteiger partial charge in [0.05, 0.1) is 6.10 Å². The monoisotopic (exact) mass is 392 g/mol. The van der Waals surface area contributed by atoms with Crippen molar-refractivity contribution in [3.63, 3.8) is 0 Å². The van der Waals surface area contributed by atoms with Crippen molar-refractivity contribution in [3.8, 4) is 23.7 Å². The smallest absolute Gasteiger partial charge is 0.0577 e. The van der Waals surface area contributed by atoms with Crippen LogP contribution in [0.1, 0.15) is 91.9 Å². The second kappa shape index (κ2) is 8.16. The van der Waals surface area contributed by atoms with Crippen molar-refractivity contribution in [2.24, 2.45) is 40.4 Å². The van der Waals surface area contributed by atoms with E-state index >= 15 is 0 Å². The fourth-order valence-electron chi connectivity index (χ4n) is 8.15. The quantitative estimate of drug-likeness (QED) is 0.428. The summed E-state index contributed by atoms with van der Waals surface area (Å²) >= 11 is 0. The van der Waals surface area contributed by atoms with Gasteiger partial charge in [-0.2, -0.15) is 0 Å². The molecule has 4 rings (SSSR count). The largest absolute Gasteiger partial charge is 0.393 e. The van der Waals surface area contributed by atoms with Gasteiger partial charge in [0.25, 0.3) is 0 Å². The van der Waals surface area contributed by atoms with E-state index in [1.807, 2.05) is 0 Å². The van der Waals surface area contributed by atoms with E-state index in [1.54, 1.807) is 5.57 Å². The number of hydrogen-bond donors (Lipinski definition) is 1. The summed E-state index contributed by atoms with van der Waals surface area (Å²) in [4.78, 5) is 0. The van der Waals surface area contributed by atoms with Crippen LogP contribution in [0.25, 0.3) is 0 Å². The average molecular weight is 393 g/mol. The summed E-state index contributed by atoms with van der Waals surface area (Å²) in [7, 11) is 0. The zero-order valence-electron chi connectivity index (χ0n) is 19.1. The Morgan fingerprint density at radius 1 is 1.07 bits per heavy atom. The molecular weight excluding hydrogens is 352 g/mol. The topological polar surface area (TPSA) is 20.2 Å². The summed E-state index contributed by atoms with van der Waals surface area (Å²) in [5.41, 5.74) is 2.44. The zero-order valence-corrected chi connectivity index (χ0v) is 19.1. The third-order valence-electron chi connectivity index (χ3n) is 9.68. The first-order valence-corrected chi connectivity index (χ1v) is 12.2. The maximum atomic E-state index is 10.2. The normalized spacial score (nSPS) is 44.0. The van der Waals surface area contributed by atoms with E-state index in [4.69, 9.17) is 0 Å². The van der Waals surface area contributed by atoms with E-state index in [-0.39, 0.29) is 6.10 Å². The zero-order chi connectivity index (χ0) is 20.6. The molecule has 4 aliphatic carbocycles. The first kappa shape index (κ1) is 21.1. The van der Waals surface area contributed by atoms with Crippen LogP contribution < -0.4 is 0 Å². The number of fused-ring (bicyclic) bond motifs is 5. The lowest BCUT2D eigenvalue weighted by Gasteiger charge is -2.58. The predicted octanol–water partition coefficient (Wildman–Crippen LogP) is 6.37. The Morgan fingerprint density at radius 2 is 1.86 bits per heavy atom. The highest BCUT2D eigenvalue weighted by atomic mass is 16.3. The van der Waals surface area contributed by atoms with Gasteiger partial charge in [0, 0.05) is 12.8 Å². The lowest BCUT2D eigenvalue weighted by Crippen LogP contribution is -2.50. The molecule has 158 valence electrons. The number of aliphatic hydroxyl groups is 1. The highest BCUT2D eigenvalue weighted by molar-refractivity contribution is 5.27. The molecule has 0 aromatic carbocycles. The Morgan fingerprint density at radius 3 is 2.66 bits per heavy atom. The van der Waals surface area contributed by atoms with Gasteiger partial charge in [0.1, 0.15) is 0 Å². The number of aliphatic hydroxyl groups excluding tert-OH is 1. The van der Waals surface area contributed by atoms with Gasteiger partial charge in [0.15, 0.2) is 0 Å². The molecule has 0 aromatic rings. The van der Waals surface area contributed by atoms with Gasteiger partial charge in [-0.05, 0) is 104 Å². The molecule has 3 saturated carbocycles. The summed E-state index contributed by atoms with van der Waals surface area (Å²) < 4.78 is 0. The fraction of sp³-hybridized carbons (Fsp3) is 0.786. The fourth-order valence-corrected chi connectivity index (χ4v) is 8.15. The summed E-state index contributed by atoms with van der Waals surface area (Å²) in [6.07, 6.45) is 14.3. The van der Waals surface area contributed by atoms with E-state index in [0.29, 0.717) is 16.7 Å². The van der Waals surface area contributed by atoms with E-state index in [2.05, 4.69) is 57.5 Å². The molecule has 0 radical (unpaired) electrons. The highest BCUT2D eigenvalue weighted by Crippen LogP contribution is 2.67. The van der Waals surface area contributed by atoms with Crippen molar-refractivity contribution in [2.75, 3.05) is 0 Å². The molecule has 1 N–H and O–H groups in total. The van der Waals surface area contributed by atoms with Crippen molar-refractivity contribution in [2.45, 2.75) is 98.0 Å². The molecule has 1 heteroatoms. The average Bonchev–Trinajstić information content (AvgIpc) is 3.05. The molecule has 1 nitrogen and oxygen atoms in total. The van der Waals surface area contributed by atoms with E-state index in [0.717, 1.165) is 49.4 Å². The van der Waals surface area contributed by atoms with E-state index in [9.17, 15) is 5.11 Å². The molecule has 0 heterocycles. The molecule has 0 aliphatic heterocycles. The molecule has 0 amide bonds. The summed E-state index contributed by atoms with van der Waals surface area (Å²) in [5.74, 6) is 16.5. The molecule has 0 unspecified atom stereocenters. The molecule has 8 atom stereocenters. The second-order valence-corrected chi connectivity index (χ2v) is 11.0. The first-order chi connectivity index (χ1) is 13.9. The van der Waals surface area contributed by atoms with Gasteiger partial charge in [-0.15, -0.1) is 0 Å². The lowest BCUT2D eigenvalue weighted by atomic mass is 9.47. The second-order valence-electron chi connectivity index (χ2n) is 11.0. The molecule has 0 spiro atoms. The van der Waals surface area contributed by atoms with Crippen molar-refractivity contribution in [1.29, 1.82) is 0 Å². The van der Waals surface area contributed by atoms with Crippen LogP contribution in [-0.4, -0.2) is 11.2 Å². The molecule has 0 saturated heterocycles. The van der Waals surface area contributed by atoms with Crippen LogP contribution in [0.5, 0.6) is 0 Å². The minimum Gasteiger partial charge on any atom is -0.393 e. The Kier molecular flexibility index (Phi) is 5.93. The summed E-state index contributed by atoms with van der Waals surface area (Å²) in [5, 5.41) is 10.2. The highest BCUT2D eigenvalue weighted by Gasteiger charge is 2.59. The van der Waals surface area contributed by atoms with Crippen molar-refractivity contribution in [1.82, 2.24) is 0 Å². The minimum absolute atomic E-state index is 0.0976. The summed E-state index contributed by atoms with van der Waals surface area (Å²) in [6, 6.07) is 0. The van der Waals surface area contributed by atoms with Crippen LogP contribution in [-0.2, 0) is 0 Å². The Hall–Kier alpha value is -1.18. The van der Waals surface area contributed by atoms with Crippen LogP contribution in [0.15, 0.2) is 11.6 Å². The molecule has 29 heavy (non-hydrogen) atoms. The maximum absolute atomic E-state index is 10.2. The van der Waals surface area contributed by atoms with Gasteiger partial charge in [-0.25, -0.2) is 0 Å². The minimum atomic E-state index is -0.0976. The third kappa shape index (κ3) is 3.59. The standard InChI is InChI=1S/C28H40O/c1-5-6-7-8-9-10-20(2)24-13-14-25-23-12-11-21-19-22(29)15-17-27(21,3)26(23)16-18-28(24,25)4/h11,20,22-26,29H,5,10,12-19H2,1-4H3/t20-,22+,23+,24-,25+,26+,27+,28-/m1/s1. The third-order valence-corrected chi connectivity index (χ3v) is 9.68. The Bertz CT molecular complexity index is 770. The Balaban J connectivity index is 1.50. The van der Waals surface area contributed by atoms with E-state index < -0.39 is 0 Å². The number of hydrogen-bond acceptors (Lipinski definition) is 1. The van der Waals surface area contributed by atoms with Gasteiger partial charge < -0.3 is 5.11 Å². The first-order valence-electron chi connectivity index (χ1n) is 12.2. The predicted molar refractivity (Wildman–Crippen MR) is 121 cm³/mol. The van der Waals surface area contributed by atoms with Crippen LogP contribution in [0.4, 0.5) is 0 Å².